The molecule has 1 aromatic heterocycles. The van der Waals surface area contributed by atoms with Gasteiger partial charge in [0.1, 0.15) is 6.54 Å². The van der Waals surface area contributed by atoms with E-state index in [1.165, 1.54) is 5.38 Å². The second-order valence-corrected chi connectivity index (χ2v) is 2.42. The molecule has 52 valence electrons. The number of nitriles is 1. The fourth-order valence-electron chi connectivity index (χ4n) is 0.540. The van der Waals surface area contributed by atoms with E-state index in [1.807, 2.05) is 0 Å². The summed E-state index contributed by atoms with van der Waals surface area (Å²) in [6.45, 7) is -0.0891. The maximum Gasteiger partial charge on any atom is 0.310 e. The van der Waals surface area contributed by atoms with Crippen LogP contribution in [-0.2, 0) is 6.54 Å². The van der Waals surface area contributed by atoms with Crippen LogP contribution in [0.5, 0.6) is 5.88 Å². The van der Waals surface area contributed by atoms with E-state index in [0.717, 1.165) is 15.9 Å². The molecule has 10 heavy (non-hydrogen) atoms. The number of hydrogen-bond acceptors (Lipinski definition) is 4. The van der Waals surface area contributed by atoms with Crippen LogP contribution in [0.3, 0.4) is 0 Å². The zero-order chi connectivity index (χ0) is 7.56. The third-order valence-electron chi connectivity index (χ3n) is 0.991. The van der Waals surface area contributed by atoms with Crippen molar-refractivity contribution >= 4 is 11.3 Å². The van der Waals surface area contributed by atoms with Gasteiger partial charge in [0.2, 0.25) is 5.88 Å². The normalized spacial score (nSPS) is 9.10. The Morgan fingerprint density at radius 2 is 2.60 bits per heavy atom. The summed E-state index contributed by atoms with van der Waals surface area (Å²) in [7, 11) is 0. The Hall–Kier alpha value is -1.28. The zero-order valence-corrected chi connectivity index (χ0v) is 5.76. The van der Waals surface area contributed by atoms with E-state index in [9.17, 15) is 4.79 Å². The Labute approximate surface area is 60.6 Å². The molecule has 1 aromatic rings. The molecule has 0 saturated heterocycles. The number of aromatic hydroxyl groups is 1. The molecule has 0 aliphatic carbocycles. The van der Waals surface area contributed by atoms with Crippen molar-refractivity contribution < 1.29 is 5.11 Å². The Morgan fingerprint density at radius 1 is 1.90 bits per heavy atom. The molecule has 5 heteroatoms. The van der Waals surface area contributed by atoms with E-state index in [1.54, 1.807) is 6.07 Å². The van der Waals surface area contributed by atoms with Crippen molar-refractivity contribution in [3.8, 4) is 11.9 Å². The van der Waals surface area contributed by atoms with Crippen LogP contribution >= 0.6 is 11.3 Å². The third kappa shape index (κ3) is 1.01. The third-order valence-corrected chi connectivity index (χ3v) is 1.74. The average molecular weight is 156 g/mol. The van der Waals surface area contributed by atoms with Crippen molar-refractivity contribution in [1.82, 2.24) is 4.57 Å². The van der Waals surface area contributed by atoms with Gasteiger partial charge in [-0.25, -0.2) is 0 Å². The molecule has 1 N–H and O–H groups in total. The summed E-state index contributed by atoms with van der Waals surface area (Å²) in [6, 6.07) is 1.76. The minimum absolute atomic E-state index is 0.0891. The molecule has 0 bridgehead atoms. The van der Waals surface area contributed by atoms with Crippen LogP contribution in [0.1, 0.15) is 0 Å². The number of hydrogen-bond donors (Lipinski definition) is 1. The monoisotopic (exact) mass is 156 g/mol. The zero-order valence-electron chi connectivity index (χ0n) is 4.94. The number of nitrogens with zero attached hydrogens (tertiary/aromatic N) is 2. The quantitative estimate of drug-likeness (QED) is 0.628. The Bertz CT molecular complexity index is 319. The highest BCUT2D eigenvalue weighted by Gasteiger charge is 2.01. The first kappa shape index (κ1) is 6.83. The summed E-state index contributed by atoms with van der Waals surface area (Å²) in [4.78, 5) is 10.4. The second-order valence-electron chi connectivity index (χ2n) is 1.60. The highest BCUT2D eigenvalue weighted by molar-refractivity contribution is 7.07. The molecule has 0 fully saturated rings. The van der Waals surface area contributed by atoms with E-state index in [0.29, 0.717) is 0 Å². The van der Waals surface area contributed by atoms with Gasteiger partial charge in [-0.05, 0) is 0 Å². The predicted octanol–water partition coefficient (Wildman–Crippen LogP) is 0.139. The summed E-state index contributed by atoms with van der Waals surface area (Å²) in [5.41, 5.74) is 0. The van der Waals surface area contributed by atoms with Gasteiger partial charge in [-0.3, -0.25) is 9.36 Å². The molecule has 1 rings (SSSR count). The fraction of sp³-hybridized carbons (Fsp3) is 0.200. The number of aromatic nitrogens is 1. The minimum atomic E-state index is -0.306. The molecule has 0 radical (unpaired) electrons. The van der Waals surface area contributed by atoms with Crippen molar-refractivity contribution in [3.05, 3.63) is 15.0 Å². The molecule has 0 amide bonds. The summed E-state index contributed by atoms with van der Waals surface area (Å²) in [5, 5.41) is 18.4. The second kappa shape index (κ2) is 2.54. The van der Waals surface area contributed by atoms with Gasteiger partial charge in [-0.15, -0.1) is 0 Å². The first-order chi connectivity index (χ1) is 4.75. The minimum Gasteiger partial charge on any atom is -0.494 e. The van der Waals surface area contributed by atoms with Gasteiger partial charge in [-0.1, -0.05) is 11.3 Å². The van der Waals surface area contributed by atoms with Gasteiger partial charge in [0.15, 0.2) is 0 Å². The van der Waals surface area contributed by atoms with Gasteiger partial charge in [0, 0.05) is 0 Å². The lowest BCUT2D eigenvalue weighted by Gasteiger charge is -1.91. The topological polar surface area (TPSA) is 66.0 Å². The summed E-state index contributed by atoms with van der Waals surface area (Å²) < 4.78 is 1.00. The van der Waals surface area contributed by atoms with Crippen molar-refractivity contribution in [2.75, 3.05) is 0 Å². The Kier molecular flexibility index (Phi) is 1.73. The van der Waals surface area contributed by atoms with Crippen molar-refractivity contribution in [3.63, 3.8) is 0 Å². The van der Waals surface area contributed by atoms with Gasteiger partial charge in [0.05, 0.1) is 11.4 Å². The van der Waals surface area contributed by atoms with Crippen molar-refractivity contribution in [1.29, 1.82) is 5.26 Å². The fourth-order valence-corrected chi connectivity index (χ4v) is 1.16. The molecule has 0 unspecified atom stereocenters. The van der Waals surface area contributed by atoms with Gasteiger partial charge >= 0.3 is 4.87 Å². The molecular weight excluding hydrogens is 152 g/mol. The molecule has 1 heterocycles. The Morgan fingerprint density at radius 3 is 3.00 bits per heavy atom. The van der Waals surface area contributed by atoms with Crippen molar-refractivity contribution in [2.45, 2.75) is 6.54 Å². The molecule has 0 atom stereocenters. The number of rotatable bonds is 1. The number of thiazole rings is 1. The molecule has 0 spiro atoms. The molecule has 0 aromatic carbocycles. The van der Waals surface area contributed by atoms with Crippen LogP contribution in [0, 0.1) is 11.3 Å². The molecule has 4 nitrogen and oxygen atoms in total. The molecular formula is C5H4N2O2S. The Balaban J connectivity index is 3.13. The van der Waals surface area contributed by atoms with E-state index < -0.39 is 0 Å². The van der Waals surface area contributed by atoms with Crippen LogP contribution in [-0.4, -0.2) is 9.67 Å². The lowest BCUT2D eigenvalue weighted by atomic mass is 10.7. The van der Waals surface area contributed by atoms with Crippen molar-refractivity contribution in [2.24, 2.45) is 0 Å². The standard InChI is InChI=1S/C5H4N2O2S/c6-1-2-7-4(8)3-10-5(7)9/h3,8H,2H2. The first-order valence-electron chi connectivity index (χ1n) is 2.50. The van der Waals surface area contributed by atoms with E-state index in [4.69, 9.17) is 10.4 Å². The average Bonchev–Trinajstić information content (AvgIpc) is 2.20. The summed E-state index contributed by atoms with van der Waals surface area (Å²) >= 11 is 0.877. The maximum atomic E-state index is 10.7. The van der Waals surface area contributed by atoms with Gasteiger partial charge < -0.3 is 5.11 Å². The van der Waals surface area contributed by atoms with Crippen LogP contribution < -0.4 is 4.87 Å². The summed E-state index contributed by atoms with van der Waals surface area (Å²) in [6.07, 6.45) is 0. The van der Waals surface area contributed by atoms with E-state index >= 15 is 0 Å². The highest BCUT2D eigenvalue weighted by Crippen LogP contribution is 2.07. The first-order valence-corrected chi connectivity index (χ1v) is 3.38. The van der Waals surface area contributed by atoms with Gasteiger partial charge in [-0.2, -0.15) is 5.26 Å². The molecule has 0 aliphatic heterocycles. The lowest BCUT2D eigenvalue weighted by Crippen LogP contribution is -2.10. The maximum absolute atomic E-state index is 10.7. The van der Waals surface area contributed by atoms with Crippen LogP contribution in [0.4, 0.5) is 0 Å². The van der Waals surface area contributed by atoms with E-state index in [-0.39, 0.29) is 17.3 Å². The molecule has 0 saturated carbocycles. The highest BCUT2D eigenvalue weighted by atomic mass is 32.1. The largest absolute Gasteiger partial charge is 0.494 e. The smallest absolute Gasteiger partial charge is 0.310 e. The predicted molar refractivity (Wildman–Crippen MR) is 35.9 cm³/mol. The lowest BCUT2D eigenvalue weighted by molar-refractivity contribution is 0.424. The SMILES string of the molecule is N#CCn1c(O)csc1=O. The molecule has 0 aliphatic rings. The van der Waals surface area contributed by atoms with Crippen LogP contribution in [0.2, 0.25) is 0 Å². The summed E-state index contributed by atoms with van der Waals surface area (Å²) in [5.74, 6) is -0.142. The van der Waals surface area contributed by atoms with Crippen LogP contribution in [0.15, 0.2) is 10.2 Å². The van der Waals surface area contributed by atoms with E-state index in [2.05, 4.69) is 0 Å². The van der Waals surface area contributed by atoms with Gasteiger partial charge in [0.25, 0.3) is 0 Å². The van der Waals surface area contributed by atoms with Crippen LogP contribution in [0.25, 0.3) is 0 Å².